The molecule has 2 aliphatic rings. The number of nitrogens with zero attached hydrogens (tertiary/aromatic N) is 7. The van der Waals surface area contributed by atoms with Gasteiger partial charge in [0.25, 0.3) is 5.91 Å². The van der Waals surface area contributed by atoms with Gasteiger partial charge in [0.15, 0.2) is 11.5 Å². The lowest BCUT2D eigenvalue weighted by Crippen LogP contribution is -2.40. The Balaban J connectivity index is 1.36. The number of anilines is 1. The van der Waals surface area contributed by atoms with Gasteiger partial charge in [-0.1, -0.05) is 0 Å². The molecule has 9 nitrogen and oxygen atoms in total. The maximum atomic E-state index is 13.4. The number of alkyl halides is 3. The van der Waals surface area contributed by atoms with Gasteiger partial charge in [-0.3, -0.25) is 4.79 Å². The molecule has 1 amide bonds. The standard InChI is InChI=1S/C19H17F3N8O/c20-19(21,22)15-9-25-16(10-24-15)28-13-8-11-3-4-14(13)29(11)18(31)12-2-1-5-23-17(12)30-26-6-7-27-30/h1-2,5-7,9-11,13-14H,3-4,8H2,(H,25,28)/t11-,13-,14+/m1/s1. The van der Waals surface area contributed by atoms with E-state index in [1.54, 1.807) is 18.3 Å². The first kappa shape index (κ1) is 19.4. The highest BCUT2D eigenvalue weighted by Crippen LogP contribution is 2.40. The number of rotatable bonds is 4. The van der Waals surface area contributed by atoms with E-state index in [0.29, 0.717) is 24.0 Å². The zero-order valence-electron chi connectivity index (χ0n) is 16.1. The van der Waals surface area contributed by atoms with Crippen molar-refractivity contribution in [2.75, 3.05) is 5.32 Å². The fourth-order valence-corrected chi connectivity index (χ4v) is 4.39. The van der Waals surface area contributed by atoms with Crippen LogP contribution < -0.4 is 5.32 Å². The SMILES string of the molecule is O=C(c1cccnc1-n1nccn1)N1[C@@H]2CC[C@H]1[C@H](Nc1cnc(C(F)(F)F)cn1)C2. The molecule has 2 fully saturated rings. The molecule has 0 unspecified atom stereocenters. The van der Waals surface area contributed by atoms with Crippen LogP contribution in [0, 0.1) is 0 Å². The molecule has 1 N–H and O–H groups in total. The Morgan fingerprint density at radius 1 is 1.06 bits per heavy atom. The number of fused-ring (bicyclic) bond motifs is 2. The molecule has 5 heterocycles. The van der Waals surface area contributed by atoms with Crippen LogP contribution in [0.1, 0.15) is 35.3 Å². The van der Waals surface area contributed by atoms with E-state index in [0.717, 1.165) is 19.0 Å². The summed E-state index contributed by atoms with van der Waals surface area (Å²) in [6.45, 7) is 0. The average Bonchev–Trinajstić information content (AvgIpc) is 3.50. The molecule has 31 heavy (non-hydrogen) atoms. The van der Waals surface area contributed by atoms with Gasteiger partial charge in [0.1, 0.15) is 5.82 Å². The van der Waals surface area contributed by atoms with Crippen molar-refractivity contribution in [1.29, 1.82) is 0 Å². The van der Waals surface area contributed by atoms with Crippen LogP contribution in [-0.2, 0) is 6.18 Å². The van der Waals surface area contributed by atoms with E-state index in [1.807, 2.05) is 4.90 Å². The van der Waals surface area contributed by atoms with E-state index in [4.69, 9.17) is 0 Å². The summed E-state index contributed by atoms with van der Waals surface area (Å²) in [7, 11) is 0. The predicted molar refractivity (Wildman–Crippen MR) is 101 cm³/mol. The second-order valence-electron chi connectivity index (χ2n) is 7.48. The van der Waals surface area contributed by atoms with E-state index in [2.05, 4.69) is 30.5 Å². The van der Waals surface area contributed by atoms with Crippen molar-refractivity contribution in [3.05, 3.63) is 54.4 Å². The highest BCUT2D eigenvalue weighted by Gasteiger charge is 2.49. The molecule has 3 atom stereocenters. The molecular weight excluding hydrogens is 413 g/mol. The molecule has 3 aromatic rings. The van der Waals surface area contributed by atoms with Crippen LogP contribution in [-0.4, -0.2) is 58.9 Å². The smallest absolute Gasteiger partial charge is 0.364 e. The van der Waals surface area contributed by atoms with Crippen molar-refractivity contribution in [3.8, 4) is 5.82 Å². The number of aromatic nitrogens is 6. The zero-order valence-corrected chi connectivity index (χ0v) is 16.1. The lowest BCUT2D eigenvalue weighted by atomic mass is 9.95. The summed E-state index contributed by atoms with van der Waals surface area (Å²) in [4.78, 5) is 28.1. The number of nitrogens with one attached hydrogen (secondary N) is 1. The van der Waals surface area contributed by atoms with E-state index in [9.17, 15) is 18.0 Å². The van der Waals surface area contributed by atoms with Crippen LogP contribution in [0.15, 0.2) is 43.1 Å². The number of hydrogen-bond acceptors (Lipinski definition) is 7. The summed E-state index contributed by atoms with van der Waals surface area (Å²) in [6.07, 6.45) is 4.16. The fourth-order valence-electron chi connectivity index (χ4n) is 4.39. The van der Waals surface area contributed by atoms with Gasteiger partial charge in [0.05, 0.1) is 42.4 Å². The number of hydrogen-bond donors (Lipinski definition) is 1. The molecule has 0 spiro atoms. The minimum Gasteiger partial charge on any atom is -0.364 e. The zero-order chi connectivity index (χ0) is 21.6. The van der Waals surface area contributed by atoms with Crippen LogP contribution in [0.4, 0.5) is 19.0 Å². The molecule has 12 heteroatoms. The normalized spacial score (nSPS) is 22.7. The molecule has 0 aromatic carbocycles. The Kier molecular flexibility index (Phi) is 4.56. The number of pyridine rings is 1. The maximum Gasteiger partial charge on any atom is 0.434 e. The number of carbonyl (C=O) groups is 1. The molecular formula is C19H17F3N8O. The second kappa shape index (κ2) is 7.29. The highest BCUT2D eigenvalue weighted by atomic mass is 19.4. The number of carbonyl (C=O) groups excluding carboxylic acids is 1. The van der Waals surface area contributed by atoms with Crippen molar-refractivity contribution in [1.82, 2.24) is 34.8 Å². The Bertz CT molecular complexity index is 1090. The van der Waals surface area contributed by atoms with Crippen molar-refractivity contribution in [2.24, 2.45) is 0 Å². The van der Waals surface area contributed by atoms with Crippen molar-refractivity contribution >= 4 is 11.7 Å². The molecule has 0 aliphatic carbocycles. The highest BCUT2D eigenvalue weighted by molar-refractivity contribution is 5.98. The van der Waals surface area contributed by atoms with Gasteiger partial charge >= 0.3 is 6.18 Å². The van der Waals surface area contributed by atoms with Gasteiger partial charge in [-0.15, -0.1) is 4.80 Å². The maximum absolute atomic E-state index is 13.4. The molecule has 2 bridgehead atoms. The molecule has 0 saturated carbocycles. The van der Waals surface area contributed by atoms with E-state index in [-0.39, 0.29) is 29.9 Å². The van der Waals surface area contributed by atoms with E-state index in [1.165, 1.54) is 17.2 Å². The summed E-state index contributed by atoms with van der Waals surface area (Å²) in [5, 5.41) is 11.3. The third kappa shape index (κ3) is 3.47. The molecule has 2 aliphatic heterocycles. The minimum atomic E-state index is -4.54. The van der Waals surface area contributed by atoms with Gasteiger partial charge in [-0.05, 0) is 31.4 Å². The largest absolute Gasteiger partial charge is 0.434 e. The molecule has 5 rings (SSSR count). The fraction of sp³-hybridized carbons (Fsp3) is 0.368. The Morgan fingerprint density at radius 2 is 1.87 bits per heavy atom. The molecule has 0 radical (unpaired) electrons. The third-order valence-corrected chi connectivity index (χ3v) is 5.67. The lowest BCUT2D eigenvalue weighted by molar-refractivity contribution is -0.141. The molecule has 160 valence electrons. The van der Waals surface area contributed by atoms with Crippen molar-refractivity contribution in [3.63, 3.8) is 0 Å². The third-order valence-electron chi connectivity index (χ3n) is 5.67. The quantitative estimate of drug-likeness (QED) is 0.678. The number of amides is 1. The van der Waals surface area contributed by atoms with Gasteiger partial charge in [0.2, 0.25) is 0 Å². The van der Waals surface area contributed by atoms with Gasteiger partial charge < -0.3 is 10.2 Å². The molecule has 2 saturated heterocycles. The summed E-state index contributed by atoms with van der Waals surface area (Å²) in [6, 6.07) is 3.16. The topological polar surface area (TPSA) is 102 Å². The van der Waals surface area contributed by atoms with Crippen LogP contribution in [0.25, 0.3) is 5.82 Å². The summed E-state index contributed by atoms with van der Waals surface area (Å²) in [5.41, 5.74) is -0.648. The van der Waals surface area contributed by atoms with Crippen LogP contribution >= 0.6 is 0 Å². The lowest BCUT2D eigenvalue weighted by Gasteiger charge is -2.25. The predicted octanol–water partition coefficient (Wildman–Crippen LogP) is 2.33. The minimum absolute atomic E-state index is 0.0241. The van der Waals surface area contributed by atoms with E-state index >= 15 is 0 Å². The van der Waals surface area contributed by atoms with Crippen LogP contribution in [0.2, 0.25) is 0 Å². The molecule has 3 aromatic heterocycles. The Labute approximate surface area is 174 Å². The Morgan fingerprint density at radius 3 is 2.58 bits per heavy atom. The van der Waals surface area contributed by atoms with Gasteiger partial charge in [-0.2, -0.15) is 23.4 Å². The second-order valence-corrected chi connectivity index (χ2v) is 7.48. The average molecular weight is 430 g/mol. The van der Waals surface area contributed by atoms with Gasteiger partial charge in [-0.25, -0.2) is 15.0 Å². The summed E-state index contributed by atoms with van der Waals surface area (Å²) in [5.74, 6) is 0.429. The van der Waals surface area contributed by atoms with Crippen LogP contribution in [0.5, 0.6) is 0 Å². The first-order valence-electron chi connectivity index (χ1n) is 9.72. The van der Waals surface area contributed by atoms with Gasteiger partial charge in [0, 0.05) is 12.2 Å². The summed E-state index contributed by atoms with van der Waals surface area (Å²) < 4.78 is 38.1. The van der Waals surface area contributed by atoms with E-state index < -0.39 is 11.9 Å². The first-order valence-corrected chi connectivity index (χ1v) is 9.72. The number of halogens is 3. The summed E-state index contributed by atoms with van der Waals surface area (Å²) >= 11 is 0. The van der Waals surface area contributed by atoms with Crippen molar-refractivity contribution < 1.29 is 18.0 Å². The van der Waals surface area contributed by atoms with Crippen LogP contribution in [0.3, 0.4) is 0 Å². The monoisotopic (exact) mass is 430 g/mol. The van der Waals surface area contributed by atoms with Crippen molar-refractivity contribution in [2.45, 2.75) is 43.6 Å². The first-order chi connectivity index (χ1) is 14.9. The Hall–Kier alpha value is -3.57.